The minimum absolute atomic E-state index is 0.398. The standard InChI is InChI=1S/C14H27N3O/c15-11-3-5-12(6-4-11)16-8-14-9-17-7-1-2-13(17)10-18-14/h11-14,16H,1-10,15H2. The average molecular weight is 253 g/mol. The fraction of sp³-hybridized carbons (Fsp3) is 1.00. The lowest BCUT2D eigenvalue weighted by atomic mass is 9.92. The van der Waals surface area contributed by atoms with Crippen LogP contribution in [0.2, 0.25) is 0 Å². The van der Waals surface area contributed by atoms with Gasteiger partial charge in [-0.2, -0.15) is 0 Å². The van der Waals surface area contributed by atoms with Gasteiger partial charge < -0.3 is 15.8 Å². The van der Waals surface area contributed by atoms with Crippen molar-refractivity contribution < 1.29 is 4.74 Å². The van der Waals surface area contributed by atoms with Gasteiger partial charge in [0.15, 0.2) is 0 Å². The second kappa shape index (κ2) is 5.87. The summed E-state index contributed by atoms with van der Waals surface area (Å²) in [5.41, 5.74) is 5.94. The molecule has 3 rings (SSSR count). The van der Waals surface area contributed by atoms with Crippen LogP contribution in [0.1, 0.15) is 38.5 Å². The zero-order chi connectivity index (χ0) is 12.4. The number of hydrogen-bond acceptors (Lipinski definition) is 4. The molecule has 0 amide bonds. The van der Waals surface area contributed by atoms with Crippen LogP contribution in [0.5, 0.6) is 0 Å². The number of hydrogen-bond donors (Lipinski definition) is 2. The molecule has 104 valence electrons. The quantitative estimate of drug-likeness (QED) is 0.778. The molecule has 3 fully saturated rings. The Labute approximate surface area is 110 Å². The molecule has 0 spiro atoms. The Morgan fingerprint density at radius 2 is 2.00 bits per heavy atom. The van der Waals surface area contributed by atoms with Crippen molar-refractivity contribution in [3.05, 3.63) is 0 Å². The lowest BCUT2D eigenvalue weighted by molar-refractivity contribution is -0.0482. The lowest BCUT2D eigenvalue weighted by Crippen LogP contribution is -2.51. The van der Waals surface area contributed by atoms with Crippen molar-refractivity contribution >= 4 is 0 Å². The molecule has 0 aromatic carbocycles. The molecular formula is C14H27N3O. The molecule has 2 heterocycles. The Morgan fingerprint density at radius 3 is 2.83 bits per heavy atom. The van der Waals surface area contributed by atoms with Crippen molar-refractivity contribution in [1.82, 2.24) is 10.2 Å². The molecule has 3 N–H and O–H groups in total. The molecule has 1 saturated carbocycles. The van der Waals surface area contributed by atoms with Gasteiger partial charge >= 0.3 is 0 Å². The fourth-order valence-electron chi connectivity index (χ4n) is 3.63. The van der Waals surface area contributed by atoms with Crippen molar-refractivity contribution in [2.45, 2.75) is 62.8 Å². The lowest BCUT2D eigenvalue weighted by Gasteiger charge is -2.36. The van der Waals surface area contributed by atoms with E-state index in [4.69, 9.17) is 10.5 Å². The molecule has 0 radical (unpaired) electrons. The van der Waals surface area contributed by atoms with E-state index in [1.54, 1.807) is 0 Å². The third-order valence-electron chi connectivity index (χ3n) is 4.87. The van der Waals surface area contributed by atoms with E-state index in [2.05, 4.69) is 10.2 Å². The number of nitrogens with two attached hydrogens (primary N) is 1. The topological polar surface area (TPSA) is 50.5 Å². The molecule has 3 aliphatic rings. The van der Waals surface area contributed by atoms with Gasteiger partial charge in [0, 0.05) is 31.2 Å². The van der Waals surface area contributed by atoms with Crippen LogP contribution in [0.3, 0.4) is 0 Å². The van der Waals surface area contributed by atoms with Crippen molar-refractivity contribution in [3.63, 3.8) is 0 Å². The number of fused-ring (bicyclic) bond motifs is 1. The Morgan fingerprint density at radius 1 is 1.17 bits per heavy atom. The van der Waals surface area contributed by atoms with Gasteiger partial charge in [-0.15, -0.1) is 0 Å². The van der Waals surface area contributed by atoms with Gasteiger partial charge in [0.05, 0.1) is 12.7 Å². The van der Waals surface area contributed by atoms with Crippen molar-refractivity contribution in [1.29, 1.82) is 0 Å². The normalized spacial score (nSPS) is 41.8. The first-order chi connectivity index (χ1) is 8.81. The van der Waals surface area contributed by atoms with Crippen molar-refractivity contribution in [3.8, 4) is 0 Å². The number of nitrogens with one attached hydrogen (secondary N) is 1. The van der Waals surface area contributed by atoms with Crippen LogP contribution in [0, 0.1) is 0 Å². The van der Waals surface area contributed by atoms with E-state index in [-0.39, 0.29) is 0 Å². The summed E-state index contributed by atoms with van der Waals surface area (Å²) in [6.07, 6.45) is 7.92. The monoisotopic (exact) mass is 253 g/mol. The predicted octanol–water partition coefficient (Wildman–Crippen LogP) is 0.709. The minimum atomic E-state index is 0.398. The van der Waals surface area contributed by atoms with Crippen LogP contribution in [0.25, 0.3) is 0 Å². The van der Waals surface area contributed by atoms with Gasteiger partial charge in [0.1, 0.15) is 0 Å². The zero-order valence-electron chi connectivity index (χ0n) is 11.3. The maximum atomic E-state index is 5.98. The Bertz CT molecular complexity index is 266. The van der Waals surface area contributed by atoms with Gasteiger partial charge in [-0.3, -0.25) is 4.90 Å². The smallest absolute Gasteiger partial charge is 0.0827 e. The van der Waals surface area contributed by atoms with Crippen LogP contribution in [-0.4, -0.2) is 55.4 Å². The van der Waals surface area contributed by atoms with Gasteiger partial charge in [-0.1, -0.05) is 0 Å². The van der Waals surface area contributed by atoms with Crippen LogP contribution >= 0.6 is 0 Å². The van der Waals surface area contributed by atoms with Gasteiger partial charge in [0.2, 0.25) is 0 Å². The van der Waals surface area contributed by atoms with Crippen molar-refractivity contribution in [2.24, 2.45) is 5.73 Å². The average Bonchev–Trinajstić information content (AvgIpc) is 2.85. The summed E-state index contributed by atoms with van der Waals surface area (Å²) in [5.74, 6) is 0. The SMILES string of the molecule is NC1CCC(NCC2CN3CCCC3CO2)CC1. The third kappa shape index (κ3) is 3.05. The first-order valence-corrected chi connectivity index (χ1v) is 7.66. The van der Waals surface area contributed by atoms with E-state index < -0.39 is 0 Å². The first kappa shape index (κ1) is 12.9. The van der Waals surface area contributed by atoms with E-state index in [0.717, 1.165) is 19.7 Å². The molecule has 2 saturated heterocycles. The molecular weight excluding hydrogens is 226 g/mol. The van der Waals surface area contributed by atoms with E-state index in [0.29, 0.717) is 24.2 Å². The molecule has 1 aliphatic carbocycles. The number of ether oxygens (including phenoxy) is 1. The van der Waals surface area contributed by atoms with Crippen LogP contribution in [0.4, 0.5) is 0 Å². The van der Waals surface area contributed by atoms with E-state index >= 15 is 0 Å². The third-order valence-corrected chi connectivity index (χ3v) is 4.87. The fourth-order valence-corrected chi connectivity index (χ4v) is 3.63. The highest BCUT2D eigenvalue weighted by molar-refractivity contribution is 4.87. The van der Waals surface area contributed by atoms with Gasteiger partial charge in [-0.25, -0.2) is 0 Å². The summed E-state index contributed by atoms with van der Waals surface area (Å²) in [5, 5.41) is 3.68. The number of rotatable bonds is 3. The van der Waals surface area contributed by atoms with Gasteiger partial charge in [-0.05, 0) is 45.1 Å². The second-order valence-electron chi connectivity index (χ2n) is 6.27. The Hall–Kier alpha value is -0.160. The molecule has 0 aromatic heterocycles. The highest BCUT2D eigenvalue weighted by Gasteiger charge is 2.32. The van der Waals surface area contributed by atoms with Crippen LogP contribution < -0.4 is 11.1 Å². The Balaban J connectivity index is 1.38. The molecule has 0 aromatic rings. The molecule has 2 unspecified atom stereocenters. The molecule has 4 heteroatoms. The maximum absolute atomic E-state index is 5.98. The molecule has 0 bridgehead atoms. The molecule has 4 nitrogen and oxygen atoms in total. The predicted molar refractivity (Wildman–Crippen MR) is 72.6 cm³/mol. The number of morpholine rings is 1. The second-order valence-corrected chi connectivity index (χ2v) is 6.27. The summed E-state index contributed by atoms with van der Waals surface area (Å²) in [6.45, 7) is 4.37. The van der Waals surface area contributed by atoms with E-state index in [1.165, 1.54) is 45.1 Å². The van der Waals surface area contributed by atoms with Gasteiger partial charge in [0.25, 0.3) is 0 Å². The summed E-state index contributed by atoms with van der Waals surface area (Å²) in [6, 6.07) is 1.83. The van der Waals surface area contributed by atoms with Crippen molar-refractivity contribution in [2.75, 3.05) is 26.2 Å². The van der Waals surface area contributed by atoms with Crippen LogP contribution in [0.15, 0.2) is 0 Å². The summed E-state index contributed by atoms with van der Waals surface area (Å²) in [4.78, 5) is 2.62. The zero-order valence-corrected chi connectivity index (χ0v) is 11.3. The molecule has 18 heavy (non-hydrogen) atoms. The molecule has 2 atom stereocenters. The summed E-state index contributed by atoms with van der Waals surface area (Å²) in [7, 11) is 0. The van der Waals surface area contributed by atoms with E-state index in [1.807, 2.05) is 0 Å². The summed E-state index contributed by atoms with van der Waals surface area (Å²) >= 11 is 0. The molecule has 2 aliphatic heterocycles. The summed E-state index contributed by atoms with van der Waals surface area (Å²) < 4.78 is 5.98. The highest BCUT2D eigenvalue weighted by atomic mass is 16.5. The minimum Gasteiger partial charge on any atom is -0.374 e. The largest absolute Gasteiger partial charge is 0.374 e. The Kier molecular flexibility index (Phi) is 4.19. The maximum Gasteiger partial charge on any atom is 0.0827 e. The number of nitrogens with zero attached hydrogens (tertiary/aromatic N) is 1. The van der Waals surface area contributed by atoms with Crippen LogP contribution in [-0.2, 0) is 4.74 Å². The van der Waals surface area contributed by atoms with E-state index in [9.17, 15) is 0 Å². The first-order valence-electron chi connectivity index (χ1n) is 7.66. The highest BCUT2D eigenvalue weighted by Crippen LogP contribution is 2.23.